The third-order valence-corrected chi connectivity index (χ3v) is 3.69. The van der Waals surface area contributed by atoms with E-state index in [1.165, 1.54) is 11.1 Å². The summed E-state index contributed by atoms with van der Waals surface area (Å²) in [7, 11) is 1.91. The van der Waals surface area contributed by atoms with Crippen LogP contribution in [0.25, 0.3) is 0 Å². The number of carbonyl (C=O) groups is 1. The number of carbonyl (C=O) groups excluding carboxylic acids is 1. The van der Waals surface area contributed by atoms with Crippen molar-refractivity contribution in [3.8, 4) is 5.75 Å². The van der Waals surface area contributed by atoms with E-state index in [2.05, 4.69) is 12.2 Å². The molecule has 2 aromatic rings. The molecule has 122 valence electrons. The van der Waals surface area contributed by atoms with Gasteiger partial charge in [0.05, 0.1) is 6.54 Å². The van der Waals surface area contributed by atoms with Crippen LogP contribution in [0.15, 0.2) is 48.5 Å². The molecule has 23 heavy (non-hydrogen) atoms. The second-order valence-electron chi connectivity index (χ2n) is 5.75. The third-order valence-electron chi connectivity index (χ3n) is 3.69. The van der Waals surface area contributed by atoms with Crippen molar-refractivity contribution in [2.24, 2.45) is 0 Å². The van der Waals surface area contributed by atoms with Gasteiger partial charge in [0.1, 0.15) is 12.4 Å². The van der Waals surface area contributed by atoms with Crippen LogP contribution in [0.4, 0.5) is 5.69 Å². The van der Waals surface area contributed by atoms with Gasteiger partial charge >= 0.3 is 0 Å². The van der Waals surface area contributed by atoms with E-state index in [4.69, 9.17) is 4.74 Å². The summed E-state index contributed by atoms with van der Waals surface area (Å²) in [5.74, 6) is 0.830. The Bertz CT molecular complexity index is 641. The van der Waals surface area contributed by atoms with Crippen LogP contribution in [-0.4, -0.2) is 37.6 Å². The van der Waals surface area contributed by atoms with Crippen LogP contribution in [0.2, 0.25) is 0 Å². The van der Waals surface area contributed by atoms with Gasteiger partial charge in [-0.15, -0.1) is 0 Å². The van der Waals surface area contributed by atoms with Gasteiger partial charge in [-0.3, -0.25) is 9.69 Å². The first kappa shape index (κ1) is 17.0. The average molecular weight is 312 g/mol. The van der Waals surface area contributed by atoms with E-state index >= 15 is 0 Å². The first-order valence-electron chi connectivity index (χ1n) is 7.78. The van der Waals surface area contributed by atoms with Crippen LogP contribution in [0.5, 0.6) is 5.75 Å². The van der Waals surface area contributed by atoms with Crippen molar-refractivity contribution < 1.29 is 9.53 Å². The SMILES string of the molecule is Cc1ccc(NC(=O)CN(C)CCOc2ccccc2)cc1C. The quantitative estimate of drug-likeness (QED) is 0.853. The van der Waals surface area contributed by atoms with E-state index < -0.39 is 0 Å². The lowest BCUT2D eigenvalue weighted by Gasteiger charge is -2.17. The Labute approximate surface area is 138 Å². The van der Waals surface area contributed by atoms with Gasteiger partial charge in [0.2, 0.25) is 5.91 Å². The molecule has 0 bridgehead atoms. The molecular weight excluding hydrogens is 288 g/mol. The van der Waals surface area contributed by atoms with Crippen molar-refractivity contribution >= 4 is 11.6 Å². The highest BCUT2D eigenvalue weighted by Gasteiger charge is 2.07. The molecule has 2 rings (SSSR count). The van der Waals surface area contributed by atoms with Crippen molar-refractivity contribution in [3.05, 3.63) is 59.7 Å². The van der Waals surface area contributed by atoms with Crippen molar-refractivity contribution in [2.75, 3.05) is 32.1 Å². The number of anilines is 1. The summed E-state index contributed by atoms with van der Waals surface area (Å²) >= 11 is 0. The predicted octanol–water partition coefficient (Wildman–Crippen LogP) is 3.25. The van der Waals surface area contributed by atoms with Gasteiger partial charge < -0.3 is 10.1 Å². The predicted molar refractivity (Wildman–Crippen MR) is 94.0 cm³/mol. The number of hydrogen-bond donors (Lipinski definition) is 1. The second kappa shape index (κ2) is 8.34. The third kappa shape index (κ3) is 5.75. The molecule has 0 atom stereocenters. The number of hydrogen-bond acceptors (Lipinski definition) is 3. The molecule has 0 aliphatic carbocycles. The normalized spacial score (nSPS) is 10.6. The molecule has 1 amide bonds. The lowest BCUT2D eigenvalue weighted by atomic mass is 10.1. The number of para-hydroxylation sites is 1. The van der Waals surface area contributed by atoms with Crippen molar-refractivity contribution in [1.82, 2.24) is 4.90 Å². The van der Waals surface area contributed by atoms with Gasteiger partial charge in [0.15, 0.2) is 0 Å². The Balaban J connectivity index is 1.72. The van der Waals surface area contributed by atoms with Crippen LogP contribution in [0.1, 0.15) is 11.1 Å². The molecule has 0 radical (unpaired) electrons. The fourth-order valence-electron chi connectivity index (χ4n) is 2.18. The van der Waals surface area contributed by atoms with Crippen LogP contribution in [-0.2, 0) is 4.79 Å². The van der Waals surface area contributed by atoms with Gasteiger partial charge in [-0.05, 0) is 56.3 Å². The first-order valence-corrected chi connectivity index (χ1v) is 7.78. The maximum absolute atomic E-state index is 12.1. The number of likely N-dealkylation sites (N-methyl/N-ethyl adjacent to an activating group) is 1. The van der Waals surface area contributed by atoms with Crippen molar-refractivity contribution in [3.63, 3.8) is 0 Å². The monoisotopic (exact) mass is 312 g/mol. The van der Waals surface area contributed by atoms with Gasteiger partial charge in [-0.1, -0.05) is 24.3 Å². The van der Waals surface area contributed by atoms with Crippen LogP contribution in [0, 0.1) is 13.8 Å². The zero-order valence-corrected chi connectivity index (χ0v) is 14.0. The number of amides is 1. The molecule has 2 aromatic carbocycles. The fourth-order valence-corrected chi connectivity index (χ4v) is 2.18. The zero-order valence-electron chi connectivity index (χ0n) is 14.0. The topological polar surface area (TPSA) is 41.6 Å². The number of ether oxygens (including phenoxy) is 1. The maximum Gasteiger partial charge on any atom is 0.238 e. The minimum absolute atomic E-state index is 0.0181. The molecule has 4 heteroatoms. The molecule has 1 N–H and O–H groups in total. The van der Waals surface area contributed by atoms with E-state index in [9.17, 15) is 4.79 Å². The summed E-state index contributed by atoms with van der Waals surface area (Å²) in [4.78, 5) is 14.0. The molecule has 0 unspecified atom stereocenters. The van der Waals surface area contributed by atoms with Crippen molar-refractivity contribution in [1.29, 1.82) is 0 Å². The average Bonchev–Trinajstić information content (AvgIpc) is 2.52. The second-order valence-corrected chi connectivity index (χ2v) is 5.75. The smallest absolute Gasteiger partial charge is 0.238 e. The summed E-state index contributed by atoms with van der Waals surface area (Å²) in [6.45, 7) is 5.68. The van der Waals surface area contributed by atoms with E-state index in [0.717, 1.165) is 11.4 Å². The molecule has 0 spiro atoms. The van der Waals surface area contributed by atoms with Gasteiger partial charge in [0, 0.05) is 12.2 Å². The molecule has 0 heterocycles. The van der Waals surface area contributed by atoms with Gasteiger partial charge in [-0.2, -0.15) is 0 Å². The summed E-state index contributed by atoms with van der Waals surface area (Å²) < 4.78 is 5.63. The minimum atomic E-state index is -0.0181. The van der Waals surface area contributed by atoms with Crippen LogP contribution < -0.4 is 10.1 Å². The summed E-state index contributed by atoms with van der Waals surface area (Å²) in [6.07, 6.45) is 0. The Morgan fingerprint density at radius 1 is 1.09 bits per heavy atom. The van der Waals surface area contributed by atoms with Gasteiger partial charge in [0.25, 0.3) is 0 Å². The number of nitrogens with zero attached hydrogens (tertiary/aromatic N) is 1. The zero-order chi connectivity index (χ0) is 16.7. The van der Waals surface area contributed by atoms with Crippen molar-refractivity contribution in [2.45, 2.75) is 13.8 Å². The molecular formula is C19H24N2O2. The largest absolute Gasteiger partial charge is 0.492 e. The van der Waals surface area contributed by atoms with E-state index in [-0.39, 0.29) is 5.91 Å². The molecule has 0 aliphatic heterocycles. The number of rotatable bonds is 7. The molecule has 0 saturated carbocycles. The fraction of sp³-hybridized carbons (Fsp3) is 0.316. The Hall–Kier alpha value is -2.33. The highest BCUT2D eigenvalue weighted by Crippen LogP contribution is 2.14. The summed E-state index contributed by atoms with van der Waals surface area (Å²) in [6, 6.07) is 15.6. The Morgan fingerprint density at radius 2 is 1.83 bits per heavy atom. The molecule has 4 nitrogen and oxygen atoms in total. The lowest BCUT2D eigenvalue weighted by molar-refractivity contribution is -0.117. The first-order chi connectivity index (χ1) is 11.0. The van der Waals surface area contributed by atoms with E-state index in [1.54, 1.807) is 0 Å². The minimum Gasteiger partial charge on any atom is -0.492 e. The molecule has 0 fully saturated rings. The number of benzene rings is 2. The molecule has 0 aromatic heterocycles. The Kier molecular flexibility index (Phi) is 6.18. The Morgan fingerprint density at radius 3 is 2.52 bits per heavy atom. The van der Waals surface area contributed by atoms with Gasteiger partial charge in [-0.25, -0.2) is 0 Å². The maximum atomic E-state index is 12.1. The molecule has 0 aliphatic rings. The molecule has 0 saturated heterocycles. The summed E-state index contributed by atoms with van der Waals surface area (Å²) in [5.41, 5.74) is 3.23. The van der Waals surface area contributed by atoms with E-state index in [0.29, 0.717) is 19.7 Å². The lowest BCUT2D eigenvalue weighted by Crippen LogP contribution is -2.33. The van der Waals surface area contributed by atoms with Crippen LogP contribution in [0.3, 0.4) is 0 Å². The number of aryl methyl sites for hydroxylation is 2. The van der Waals surface area contributed by atoms with E-state index in [1.807, 2.05) is 67.4 Å². The number of nitrogens with one attached hydrogen (secondary N) is 1. The standard InChI is InChI=1S/C19H24N2O2/c1-15-9-10-17(13-16(15)2)20-19(22)14-21(3)11-12-23-18-7-5-4-6-8-18/h4-10,13H,11-12,14H2,1-3H3,(H,20,22). The highest BCUT2D eigenvalue weighted by atomic mass is 16.5. The highest BCUT2D eigenvalue weighted by molar-refractivity contribution is 5.92. The van der Waals surface area contributed by atoms with Crippen LogP contribution >= 0.6 is 0 Å². The summed E-state index contributed by atoms with van der Waals surface area (Å²) in [5, 5.41) is 2.93.